The molecule has 1 aromatic rings. The molecule has 0 aliphatic rings. The van der Waals surface area contributed by atoms with Crippen LogP contribution in [0.15, 0.2) is 22.7 Å². The van der Waals surface area contributed by atoms with E-state index >= 15 is 0 Å². The van der Waals surface area contributed by atoms with E-state index in [1.165, 1.54) is 0 Å². The van der Waals surface area contributed by atoms with Crippen molar-refractivity contribution in [2.24, 2.45) is 5.73 Å². The van der Waals surface area contributed by atoms with Crippen molar-refractivity contribution in [2.45, 2.75) is 45.6 Å². The standard InChI is InChI=1S/C14H21BrN2O/c1-3-11-9-12(15)7-8-13(11)17-14(18)6-4-5-10(2)16/h7-10H,3-6,16H2,1-2H3,(H,17,18). The van der Waals surface area contributed by atoms with Gasteiger partial charge in [0.05, 0.1) is 0 Å². The molecule has 1 unspecified atom stereocenters. The van der Waals surface area contributed by atoms with E-state index < -0.39 is 0 Å². The van der Waals surface area contributed by atoms with Crippen LogP contribution in [0.4, 0.5) is 5.69 Å². The van der Waals surface area contributed by atoms with Crippen molar-refractivity contribution < 1.29 is 4.79 Å². The van der Waals surface area contributed by atoms with E-state index in [1.54, 1.807) is 0 Å². The number of aryl methyl sites for hydroxylation is 1. The zero-order valence-corrected chi connectivity index (χ0v) is 12.6. The highest BCUT2D eigenvalue weighted by Gasteiger charge is 2.07. The van der Waals surface area contributed by atoms with Crippen LogP contribution in [0.2, 0.25) is 0 Å². The van der Waals surface area contributed by atoms with Crippen LogP contribution in [0.5, 0.6) is 0 Å². The molecule has 0 radical (unpaired) electrons. The lowest BCUT2D eigenvalue weighted by molar-refractivity contribution is -0.116. The van der Waals surface area contributed by atoms with E-state index in [0.717, 1.165) is 35.0 Å². The van der Waals surface area contributed by atoms with Gasteiger partial charge in [-0.15, -0.1) is 0 Å². The Bertz CT molecular complexity index is 405. The number of anilines is 1. The van der Waals surface area contributed by atoms with Crippen LogP contribution in [0.1, 0.15) is 38.7 Å². The number of nitrogens with two attached hydrogens (primary N) is 1. The summed E-state index contributed by atoms with van der Waals surface area (Å²) >= 11 is 3.43. The SMILES string of the molecule is CCc1cc(Br)ccc1NC(=O)CCCC(C)N. The highest BCUT2D eigenvalue weighted by atomic mass is 79.9. The molecule has 3 nitrogen and oxygen atoms in total. The predicted octanol–water partition coefficient (Wildman–Crippen LogP) is 3.47. The molecule has 0 aliphatic heterocycles. The van der Waals surface area contributed by atoms with Crippen LogP contribution >= 0.6 is 15.9 Å². The Morgan fingerprint density at radius 3 is 2.83 bits per heavy atom. The van der Waals surface area contributed by atoms with Crippen molar-refractivity contribution in [2.75, 3.05) is 5.32 Å². The van der Waals surface area contributed by atoms with Crippen LogP contribution in [-0.2, 0) is 11.2 Å². The van der Waals surface area contributed by atoms with Gasteiger partial charge >= 0.3 is 0 Å². The third kappa shape index (κ3) is 5.19. The van der Waals surface area contributed by atoms with Gasteiger partial charge in [-0.3, -0.25) is 4.79 Å². The van der Waals surface area contributed by atoms with Crippen LogP contribution in [-0.4, -0.2) is 11.9 Å². The average Bonchev–Trinajstić information content (AvgIpc) is 2.31. The molecular formula is C14H21BrN2O. The quantitative estimate of drug-likeness (QED) is 0.845. The van der Waals surface area contributed by atoms with Crippen molar-refractivity contribution in [3.8, 4) is 0 Å². The first-order valence-electron chi connectivity index (χ1n) is 6.36. The zero-order valence-electron chi connectivity index (χ0n) is 11.0. The largest absolute Gasteiger partial charge is 0.328 e. The van der Waals surface area contributed by atoms with E-state index in [-0.39, 0.29) is 11.9 Å². The number of halogens is 1. The van der Waals surface area contributed by atoms with E-state index in [2.05, 4.69) is 28.2 Å². The second-order valence-electron chi connectivity index (χ2n) is 4.57. The smallest absolute Gasteiger partial charge is 0.224 e. The molecule has 1 atom stereocenters. The van der Waals surface area contributed by atoms with Crippen molar-refractivity contribution in [3.05, 3.63) is 28.2 Å². The monoisotopic (exact) mass is 312 g/mol. The maximum Gasteiger partial charge on any atom is 0.224 e. The minimum absolute atomic E-state index is 0.0627. The fraction of sp³-hybridized carbons (Fsp3) is 0.500. The molecule has 0 spiro atoms. The molecule has 1 aromatic carbocycles. The summed E-state index contributed by atoms with van der Waals surface area (Å²) in [5, 5.41) is 2.96. The predicted molar refractivity (Wildman–Crippen MR) is 79.7 cm³/mol. The molecule has 0 saturated heterocycles. The van der Waals surface area contributed by atoms with Crippen LogP contribution < -0.4 is 11.1 Å². The van der Waals surface area contributed by atoms with Gasteiger partial charge in [-0.2, -0.15) is 0 Å². The lowest BCUT2D eigenvalue weighted by Gasteiger charge is -2.11. The summed E-state index contributed by atoms with van der Waals surface area (Å²) in [4.78, 5) is 11.8. The molecule has 4 heteroatoms. The summed E-state index contributed by atoms with van der Waals surface area (Å²) in [6.07, 6.45) is 3.14. The number of hydrogen-bond donors (Lipinski definition) is 2. The molecule has 0 saturated carbocycles. The number of rotatable bonds is 6. The highest BCUT2D eigenvalue weighted by Crippen LogP contribution is 2.21. The zero-order chi connectivity index (χ0) is 13.5. The third-order valence-electron chi connectivity index (χ3n) is 2.79. The molecule has 100 valence electrons. The summed E-state index contributed by atoms with van der Waals surface area (Å²) in [5.74, 6) is 0.0627. The number of benzene rings is 1. The lowest BCUT2D eigenvalue weighted by Crippen LogP contribution is -2.17. The Labute approximate surface area is 117 Å². The number of carbonyl (C=O) groups excluding carboxylic acids is 1. The highest BCUT2D eigenvalue weighted by molar-refractivity contribution is 9.10. The van der Waals surface area contributed by atoms with Gasteiger partial charge in [0.1, 0.15) is 0 Å². The maximum absolute atomic E-state index is 11.8. The molecule has 1 rings (SSSR count). The summed E-state index contributed by atoms with van der Waals surface area (Å²) in [6.45, 7) is 4.04. The van der Waals surface area contributed by atoms with Gasteiger partial charge in [0.25, 0.3) is 0 Å². The number of hydrogen-bond acceptors (Lipinski definition) is 2. The normalized spacial score (nSPS) is 12.2. The molecule has 0 fully saturated rings. The topological polar surface area (TPSA) is 55.1 Å². The molecule has 1 amide bonds. The van der Waals surface area contributed by atoms with Gasteiger partial charge in [-0.1, -0.05) is 22.9 Å². The summed E-state index contributed by atoms with van der Waals surface area (Å²) < 4.78 is 1.04. The Morgan fingerprint density at radius 1 is 1.50 bits per heavy atom. The summed E-state index contributed by atoms with van der Waals surface area (Å²) in [5.41, 5.74) is 7.71. The second kappa shape index (κ2) is 7.54. The fourth-order valence-corrected chi connectivity index (χ4v) is 2.18. The fourth-order valence-electron chi connectivity index (χ4n) is 1.77. The third-order valence-corrected chi connectivity index (χ3v) is 3.28. The first-order chi connectivity index (χ1) is 8.52. The Morgan fingerprint density at radius 2 is 2.22 bits per heavy atom. The molecule has 18 heavy (non-hydrogen) atoms. The van der Waals surface area contributed by atoms with Crippen molar-refractivity contribution in [3.63, 3.8) is 0 Å². The van der Waals surface area contributed by atoms with Crippen LogP contribution in [0.25, 0.3) is 0 Å². The minimum Gasteiger partial charge on any atom is -0.328 e. The van der Waals surface area contributed by atoms with E-state index in [4.69, 9.17) is 5.73 Å². The molecular weight excluding hydrogens is 292 g/mol. The molecule has 0 heterocycles. The Kier molecular flexibility index (Phi) is 6.36. The van der Waals surface area contributed by atoms with Gasteiger partial charge in [0.2, 0.25) is 5.91 Å². The van der Waals surface area contributed by atoms with Gasteiger partial charge in [-0.25, -0.2) is 0 Å². The Balaban J connectivity index is 2.53. The maximum atomic E-state index is 11.8. The van der Waals surface area contributed by atoms with Crippen LogP contribution in [0.3, 0.4) is 0 Å². The van der Waals surface area contributed by atoms with Crippen LogP contribution in [0, 0.1) is 0 Å². The summed E-state index contributed by atoms with van der Waals surface area (Å²) in [7, 11) is 0. The van der Waals surface area contributed by atoms with Gasteiger partial charge in [-0.05, 0) is 49.9 Å². The molecule has 0 aliphatic carbocycles. The molecule has 0 bridgehead atoms. The van der Waals surface area contributed by atoms with E-state index in [0.29, 0.717) is 6.42 Å². The number of nitrogens with one attached hydrogen (secondary N) is 1. The van der Waals surface area contributed by atoms with Crippen molar-refractivity contribution in [1.82, 2.24) is 0 Å². The van der Waals surface area contributed by atoms with E-state index in [1.807, 2.05) is 25.1 Å². The Hall–Kier alpha value is -0.870. The van der Waals surface area contributed by atoms with Crippen molar-refractivity contribution in [1.29, 1.82) is 0 Å². The number of carbonyl (C=O) groups is 1. The second-order valence-corrected chi connectivity index (χ2v) is 5.49. The van der Waals surface area contributed by atoms with Gasteiger partial charge in [0, 0.05) is 22.6 Å². The number of amides is 1. The lowest BCUT2D eigenvalue weighted by atomic mass is 10.1. The molecule has 3 N–H and O–H groups in total. The van der Waals surface area contributed by atoms with Crippen molar-refractivity contribution >= 4 is 27.5 Å². The van der Waals surface area contributed by atoms with Gasteiger partial charge in [0.15, 0.2) is 0 Å². The first kappa shape index (κ1) is 15.2. The minimum atomic E-state index is 0.0627. The summed E-state index contributed by atoms with van der Waals surface area (Å²) in [6, 6.07) is 6.08. The van der Waals surface area contributed by atoms with Gasteiger partial charge < -0.3 is 11.1 Å². The molecule has 0 aromatic heterocycles. The van der Waals surface area contributed by atoms with E-state index in [9.17, 15) is 4.79 Å². The first-order valence-corrected chi connectivity index (χ1v) is 7.16. The average molecular weight is 313 g/mol.